The molecule has 0 radical (unpaired) electrons. The summed E-state index contributed by atoms with van der Waals surface area (Å²) < 4.78 is 7.02. The van der Waals surface area contributed by atoms with E-state index in [1.165, 1.54) is 0 Å². The summed E-state index contributed by atoms with van der Waals surface area (Å²) >= 11 is 0. The van der Waals surface area contributed by atoms with Gasteiger partial charge in [0, 0.05) is 6.54 Å². The summed E-state index contributed by atoms with van der Waals surface area (Å²) in [4.78, 5) is 10.6. The highest BCUT2D eigenvalue weighted by Gasteiger charge is 2.10. The van der Waals surface area contributed by atoms with Crippen molar-refractivity contribution in [1.29, 1.82) is 0 Å². The minimum absolute atomic E-state index is 0.0765. The van der Waals surface area contributed by atoms with Crippen LogP contribution in [0.1, 0.15) is 13.3 Å². The van der Waals surface area contributed by atoms with E-state index in [4.69, 9.17) is 16.2 Å². The largest absolute Gasteiger partial charge is 0.488 e. The molecule has 6 nitrogen and oxygen atoms in total. The van der Waals surface area contributed by atoms with Crippen molar-refractivity contribution in [3.05, 3.63) is 12.4 Å². The fourth-order valence-corrected chi connectivity index (χ4v) is 1.04. The summed E-state index contributed by atoms with van der Waals surface area (Å²) in [6, 6.07) is -0.778. The second kappa shape index (κ2) is 5.35. The van der Waals surface area contributed by atoms with Crippen LogP contribution in [-0.4, -0.2) is 28.3 Å². The first kappa shape index (κ1) is 11.5. The number of aryl methyl sites for hydroxylation is 1. The number of nitrogens with two attached hydrogens (primary N) is 2. The van der Waals surface area contributed by atoms with Crippen molar-refractivity contribution in [2.45, 2.75) is 25.9 Å². The van der Waals surface area contributed by atoms with Crippen LogP contribution in [0.5, 0.6) is 5.75 Å². The molecule has 0 aromatic carbocycles. The molecule has 84 valence electrons. The molecular weight excluding hydrogens is 196 g/mol. The van der Waals surface area contributed by atoms with E-state index in [2.05, 4.69) is 12.0 Å². The third-order valence-corrected chi connectivity index (χ3v) is 1.86. The average molecular weight is 212 g/mol. The number of aromatic nitrogens is 2. The van der Waals surface area contributed by atoms with Gasteiger partial charge in [-0.1, -0.05) is 6.92 Å². The highest BCUT2D eigenvalue weighted by Crippen LogP contribution is 2.08. The first-order chi connectivity index (χ1) is 7.13. The molecule has 6 heteroatoms. The van der Waals surface area contributed by atoms with Gasteiger partial charge < -0.3 is 16.2 Å². The lowest BCUT2D eigenvalue weighted by atomic mass is 10.3. The van der Waals surface area contributed by atoms with Gasteiger partial charge in [-0.25, -0.2) is 0 Å². The van der Waals surface area contributed by atoms with Crippen molar-refractivity contribution in [2.24, 2.45) is 11.5 Å². The summed E-state index contributed by atoms with van der Waals surface area (Å²) in [5.74, 6) is 0.0242. The summed E-state index contributed by atoms with van der Waals surface area (Å²) in [6.07, 6.45) is 4.35. The molecule has 1 atom stereocenters. The van der Waals surface area contributed by atoms with E-state index in [0.29, 0.717) is 5.75 Å². The van der Waals surface area contributed by atoms with Crippen molar-refractivity contribution in [1.82, 2.24) is 9.78 Å². The number of rotatable bonds is 6. The Labute approximate surface area is 88.2 Å². The minimum atomic E-state index is -0.778. The maximum atomic E-state index is 10.6. The van der Waals surface area contributed by atoms with Gasteiger partial charge in [-0.15, -0.1) is 0 Å². The summed E-state index contributed by atoms with van der Waals surface area (Å²) in [5, 5.41) is 4.06. The fourth-order valence-electron chi connectivity index (χ4n) is 1.04. The van der Waals surface area contributed by atoms with Crippen LogP contribution in [0.2, 0.25) is 0 Å². The number of primary amides is 1. The van der Waals surface area contributed by atoms with E-state index in [1.54, 1.807) is 17.1 Å². The quantitative estimate of drug-likeness (QED) is 0.663. The normalized spacial score (nSPS) is 12.4. The van der Waals surface area contributed by atoms with E-state index in [1.807, 2.05) is 0 Å². The molecule has 0 spiro atoms. The zero-order chi connectivity index (χ0) is 11.3. The van der Waals surface area contributed by atoms with E-state index >= 15 is 0 Å². The molecule has 0 aliphatic heterocycles. The standard InChI is InChI=1S/C9H16N4O2/c1-2-3-13-5-7(4-12-13)15-6-8(10)9(11)14/h4-5,8H,2-3,6,10H2,1H3,(H2,11,14). The van der Waals surface area contributed by atoms with Gasteiger partial charge in [0.05, 0.1) is 12.4 Å². The second-order valence-corrected chi connectivity index (χ2v) is 3.26. The van der Waals surface area contributed by atoms with Gasteiger partial charge in [0.1, 0.15) is 12.6 Å². The van der Waals surface area contributed by atoms with Crippen LogP contribution in [0.4, 0.5) is 0 Å². The van der Waals surface area contributed by atoms with Gasteiger partial charge in [0.2, 0.25) is 5.91 Å². The topological polar surface area (TPSA) is 96.2 Å². The van der Waals surface area contributed by atoms with E-state index < -0.39 is 11.9 Å². The number of carbonyl (C=O) groups excluding carboxylic acids is 1. The molecule has 0 saturated heterocycles. The van der Waals surface area contributed by atoms with Crippen LogP contribution in [0.15, 0.2) is 12.4 Å². The Balaban J connectivity index is 2.40. The van der Waals surface area contributed by atoms with Crippen molar-refractivity contribution in [2.75, 3.05) is 6.61 Å². The maximum absolute atomic E-state index is 10.6. The van der Waals surface area contributed by atoms with Crippen LogP contribution >= 0.6 is 0 Å². The smallest absolute Gasteiger partial charge is 0.237 e. The molecule has 1 unspecified atom stereocenters. The highest BCUT2D eigenvalue weighted by molar-refractivity contribution is 5.79. The Hall–Kier alpha value is -1.56. The molecule has 1 heterocycles. The second-order valence-electron chi connectivity index (χ2n) is 3.26. The number of nitrogens with zero attached hydrogens (tertiary/aromatic N) is 2. The average Bonchev–Trinajstić information content (AvgIpc) is 2.62. The molecule has 1 aromatic heterocycles. The Kier molecular flexibility index (Phi) is 4.11. The summed E-state index contributed by atoms with van der Waals surface area (Å²) in [5.41, 5.74) is 10.4. The van der Waals surface area contributed by atoms with E-state index in [0.717, 1.165) is 13.0 Å². The number of ether oxygens (including phenoxy) is 1. The van der Waals surface area contributed by atoms with Gasteiger partial charge in [-0.05, 0) is 6.42 Å². The van der Waals surface area contributed by atoms with Gasteiger partial charge in [0.25, 0.3) is 0 Å². The van der Waals surface area contributed by atoms with Gasteiger partial charge in [-0.2, -0.15) is 5.10 Å². The van der Waals surface area contributed by atoms with Crippen molar-refractivity contribution in [3.8, 4) is 5.75 Å². The molecule has 0 aliphatic rings. The third-order valence-electron chi connectivity index (χ3n) is 1.86. The molecular formula is C9H16N4O2. The first-order valence-corrected chi connectivity index (χ1v) is 4.83. The fraction of sp³-hybridized carbons (Fsp3) is 0.556. The van der Waals surface area contributed by atoms with Gasteiger partial charge in [-0.3, -0.25) is 9.48 Å². The summed E-state index contributed by atoms with van der Waals surface area (Å²) in [6.45, 7) is 2.98. The predicted octanol–water partition coefficient (Wildman–Crippen LogP) is -0.515. The molecule has 0 saturated carbocycles. The number of hydrogen-bond acceptors (Lipinski definition) is 4. The van der Waals surface area contributed by atoms with Crippen LogP contribution in [0, 0.1) is 0 Å². The first-order valence-electron chi connectivity index (χ1n) is 4.83. The monoisotopic (exact) mass is 212 g/mol. The van der Waals surface area contributed by atoms with Crippen LogP contribution in [0.3, 0.4) is 0 Å². The molecule has 1 rings (SSSR count). The SMILES string of the molecule is CCCn1cc(OCC(N)C(N)=O)cn1. The third kappa shape index (κ3) is 3.59. The van der Waals surface area contributed by atoms with Gasteiger partial charge >= 0.3 is 0 Å². The zero-order valence-electron chi connectivity index (χ0n) is 8.72. The predicted molar refractivity (Wildman–Crippen MR) is 55.2 cm³/mol. The van der Waals surface area contributed by atoms with Crippen molar-refractivity contribution < 1.29 is 9.53 Å². The van der Waals surface area contributed by atoms with Crippen LogP contribution in [0.25, 0.3) is 0 Å². The Morgan fingerprint density at radius 2 is 2.47 bits per heavy atom. The Morgan fingerprint density at radius 3 is 3.07 bits per heavy atom. The minimum Gasteiger partial charge on any atom is -0.488 e. The van der Waals surface area contributed by atoms with Crippen molar-refractivity contribution in [3.63, 3.8) is 0 Å². The molecule has 0 fully saturated rings. The molecule has 1 amide bonds. The van der Waals surface area contributed by atoms with Crippen LogP contribution in [-0.2, 0) is 11.3 Å². The van der Waals surface area contributed by atoms with E-state index in [-0.39, 0.29) is 6.61 Å². The molecule has 1 aromatic rings. The maximum Gasteiger partial charge on any atom is 0.237 e. The molecule has 15 heavy (non-hydrogen) atoms. The lowest BCUT2D eigenvalue weighted by Crippen LogP contribution is -2.41. The number of carbonyl (C=O) groups is 1. The Morgan fingerprint density at radius 1 is 1.73 bits per heavy atom. The van der Waals surface area contributed by atoms with Gasteiger partial charge in [0.15, 0.2) is 5.75 Å². The summed E-state index contributed by atoms with van der Waals surface area (Å²) in [7, 11) is 0. The van der Waals surface area contributed by atoms with Crippen molar-refractivity contribution >= 4 is 5.91 Å². The number of amides is 1. The zero-order valence-corrected chi connectivity index (χ0v) is 8.72. The molecule has 0 aliphatic carbocycles. The molecule has 4 N–H and O–H groups in total. The van der Waals surface area contributed by atoms with E-state index in [9.17, 15) is 4.79 Å². The highest BCUT2D eigenvalue weighted by atomic mass is 16.5. The molecule has 0 bridgehead atoms. The lowest BCUT2D eigenvalue weighted by molar-refractivity contribution is -0.119. The lowest BCUT2D eigenvalue weighted by Gasteiger charge is -2.07. The van der Waals surface area contributed by atoms with Crippen LogP contribution < -0.4 is 16.2 Å². The number of hydrogen-bond donors (Lipinski definition) is 2. The Bertz CT molecular complexity index is 324.